The molecule has 3 rings (SSSR count). The molecule has 0 saturated heterocycles. The number of anilines is 1. The fraction of sp³-hybridized carbons (Fsp3) is 0.211. The van der Waals surface area contributed by atoms with Crippen molar-refractivity contribution in [2.24, 2.45) is 0 Å². The van der Waals surface area contributed by atoms with Crippen LogP contribution in [-0.2, 0) is 14.8 Å². The molecule has 28 heavy (non-hydrogen) atoms. The highest BCUT2D eigenvalue weighted by atomic mass is 32.2. The van der Waals surface area contributed by atoms with E-state index in [1.165, 1.54) is 19.2 Å². The van der Waals surface area contributed by atoms with Gasteiger partial charge in [-0.1, -0.05) is 12.1 Å². The molecule has 0 radical (unpaired) electrons. The Morgan fingerprint density at radius 3 is 2.46 bits per heavy atom. The molecule has 1 aliphatic rings. The summed E-state index contributed by atoms with van der Waals surface area (Å²) in [6, 6.07) is 9.12. The van der Waals surface area contributed by atoms with E-state index in [0.29, 0.717) is 5.69 Å². The van der Waals surface area contributed by atoms with Gasteiger partial charge in [-0.15, -0.1) is 0 Å². The topological polar surface area (TPSA) is 113 Å². The average Bonchev–Trinajstić information content (AvgIpc) is 2.92. The Bertz CT molecular complexity index is 1110. The molecule has 2 aromatic carbocycles. The summed E-state index contributed by atoms with van der Waals surface area (Å²) in [7, 11) is -2.75. The van der Waals surface area contributed by atoms with Crippen LogP contribution in [0.5, 0.6) is 0 Å². The van der Waals surface area contributed by atoms with Gasteiger partial charge in [-0.25, -0.2) is 8.42 Å². The molecule has 8 nitrogen and oxygen atoms in total. The highest BCUT2D eigenvalue weighted by Gasteiger charge is 2.30. The van der Waals surface area contributed by atoms with E-state index in [1.807, 2.05) is 19.9 Å². The summed E-state index contributed by atoms with van der Waals surface area (Å²) in [6.45, 7) is 3.37. The van der Waals surface area contributed by atoms with Crippen LogP contribution in [0.25, 0.3) is 0 Å². The van der Waals surface area contributed by atoms with Gasteiger partial charge in [0, 0.05) is 12.7 Å². The molecule has 3 amide bonds. The summed E-state index contributed by atoms with van der Waals surface area (Å²) in [4.78, 5) is 35.5. The summed E-state index contributed by atoms with van der Waals surface area (Å²) in [6.07, 6.45) is 0. The number of rotatable bonds is 5. The molecular weight excluding hydrogens is 382 g/mol. The highest BCUT2D eigenvalue weighted by molar-refractivity contribution is 7.89. The van der Waals surface area contributed by atoms with Gasteiger partial charge in [-0.3, -0.25) is 19.7 Å². The normalized spacial score (nSPS) is 13.4. The van der Waals surface area contributed by atoms with Crippen LogP contribution in [0.2, 0.25) is 0 Å². The van der Waals surface area contributed by atoms with E-state index in [-0.39, 0.29) is 16.0 Å². The van der Waals surface area contributed by atoms with E-state index in [1.54, 1.807) is 12.1 Å². The SMILES string of the molecule is Cc1cccc(NC(=O)CN(C)S(=O)(=O)c2ccc3c(c2)C(=O)NC3=O)c1C. The number of fused-ring (bicyclic) bond motifs is 1. The third kappa shape index (κ3) is 3.54. The maximum atomic E-state index is 12.8. The summed E-state index contributed by atoms with van der Waals surface area (Å²) in [5.74, 6) is -1.70. The number of aryl methyl sites for hydroxylation is 1. The minimum atomic E-state index is -4.03. The second-order valence-corrected chi connectivity index (χ2v) is 8.59. The van der Waals surface area contributed by atoms with E-state index >= 15 is 0 Å². The summed E-state index contributed by atoms with van der Waals surface area (Å²) in [5.41, 5.74) is 2.64. The van der Waals surface area contributed by atoms with Crippen molar-refractivity contribution in [3.8, 4) is 0 Å². The van der Waals surface area contributed by atoms with Crippen LogP contribution in [0.4, 0.5) is 5.69 Å². The predicted molar refractivity (Wildman–Crippen MR) is 103 cm³/mol. The number of hydrogen-bond acceptors (Lipinski definition) is 5. The number of likely N-dealkylation sites (N-methyl/N-ethyl adjacent to an activating group) is 1. The Labute approximate surface area is 162 Å². The van der Waals surface area contributed by atoms with Crippen LogP contribution >= 0.6 is 0 Å². The number of nitrogens with zero attached hydrogens (tertiary/aromatic N) is 1. The predicted octanol–water partition coefficient (Wildman–Crippen LogP) is 1.45. The van der Waals surface area contributed by atoms with Crippen LogP contribution in [-0.4, -0.2) is 44.0 Å². The number of imide groups is 1. The van der Waals surface area contributed by atoms with Gasteiger partial charge in [-0.2, -0.15) is 4.31 Å². The molecule has 2 N–H and O–H groups in total. The Balaban J connectivity index is 1.78. The molecule has 146 valence electrons. The van der Waals surface area contributed by atoms with Crippen LogP contribution in [0.3, 0.4) is 0 Å². The van der Waals surface area contributed by atoms with E-state index in [9.17, 15) is 22.8 Å². The third-order valence-electron chi connectivity index (χ3n) is 4.66. The van der Waals surface area contributed by atoms with Gasteiger partial charge in [0.05, 0.1) is 22.6 Å². The molecule has 0 aromatic heterocycles. The molecule has 0 saturated carbocycles. The minimum absolute atomic E-state index is 0.000637. The van der Waals surface area contributed by atoms with E-state index in [4.69, 9.17) is 0 Å². The zero-order valence-electron chi connectivity index (χ0n) is 15.6. The van der Waals surface area contributed by atoms with Gasteiger partial charge in [0.15, 0.2) is 0 Å². The van der Waals surface area contributed by atoms with Crippen molar-refractivity contribution in [2.75, 3.05) is 18.9 Å². The maximum absolute atomic E-state index is 12.8. The average molecular weight is 401 g/mol. The quantitative estimate of drug-likeness (QED) is 0.737. The van der Waals surface area contributed by atoms with Crippen LogP contribution in [0.15, 0.2) is 41.3 Å². The number of nitrogens with one attached hydrogen (secondary N) is 2. The zero-order chi connectivity index (χ0) is 20.6. The molecule has 1 heterocycles. The second-order valence-electron chi connectivity index (χ2n) is 6.55. The van der Waals surface area contributed by atoms with Crippen molar-refractivity contribution in [3.05, 3.63) is 58.7 Å². The fourth-order valence-corrected chi connectivity index (χ4v) is 4.00. The van der Waals surface area contributed by atoms with Crippen LogP contribution in [0.1, 0.15) is 31.8 Å². The van der Waals surface area contributed by atoms with Crippen molar-refractivity contribution in [1.82, 2.24) is 9.62 Å². The van der Waals surface area contributed by atoms with Crippen LogP contribution < -0.4 is 10.6 Å². The van der Waals surface area contributed by atoms with Crippen LogP contribution in [0, 0.1) is 13.8 Å². The fourth-order valence-electron chi connectivity index (χ4n) is 2.85. The lowest BCUT2D eigenvalue weighted by molar-refractivity contribution is -0.116. The highest BCUT2D eigenvalue weighted by Crippen LogP contribution is 2.23. The lowest BCUT2D eigenvalue weighted by atomic mass is 10.1. The van der Waals surface area contributed by atoms with E-state index in [0.717, 1.165) is 21.5 Å². The molecule has 0 fully saturated rings. The van der Waals surface area contributed by atoms with Crippen molar-refractivity contribution >= 4 is 33.4 Å². The first kappa shape index (κ1) is 19.7. The first-order valence-electron chi connectivity index (χ1n) is 8.43. The van der Waals surface area contributed by atoms with Crippen molar-refractivity contribution in [1.29, 1.82) is 0 Å². The number of benzene rings is 2. The van der Waals surface area contributed by atoms with Gasteiger partial charge in [0.25, 0.3) is 11.8 Å². The molecule has 0 bridgehead atoms. The molecule has 0 spiro atoms. The maximum Gasteiger partial charge on any atom is 0.258 e. The number of carbonyl (C=O) groups excluding carboxylic acids is 3. The zero-order valence-corrected chi connectivity index (χ0v) is 16.4. The number of amides is 3. The first-order chi connectivity index (χ1) is 13.1. The first-order valence-corrected chi connectivity index (χ1v) is 9.87. The summed E-state index contributed by atoms with van der Waals surface area (Å²) >= 11 is 0. The van der Waals surface area contributed by atoms with E-state index in [2.05, 4.69) is 10.6 Å². The molecule has 2 aromatic rings. The van der Waals surface area contributed by atoms with Gasteiger partial charge >= 0.3 is 0 Å². The largest absolute Gasteiger partial charge is 0.325 e. The minimum Gasteiger partial charge on any atom is -0.325 e. The standard InChI is InChI=1S/C19H19N3O5S/c1-11-5-4-6-16(12(11)2)20-17(23)10-22(3)28(26,27)13-7-8-14-15(9-13)19(25)21-18(14)24/h4-9H,10H2,1-3H3,(H,20,23)(H,21,24,25). The summed E-state index contributed by atoms with van der Waals surface area (Å²) in [5, 5.41) is 4.82. The Morgan fingerprint density at radius 2 is 1.75 bits per heavy atom. The van der Waals surface area contributed by atoms with Gasteiger partial charge in [0.2, 0.25) is 15.9 Å². The molecule has 0 unspecified atom stereocenters. The number of sulfonamides is 1. The monoisotopic (exact) mass is 401 g/mol. The number of hydrogen-bond donors (Lipinski definition) is 2. The Kier molecular flexibility index (Phi) is 5.05. The van der Waals surface area contributed by atoms with Gasteiger partial charge < -0.3 is 5.32 Å². The third-order valence-corrected chi connectivity index (χ3v) is 6.46. The number of carbonyl (C=O) groups is 3. The second kappa shape index (κ2) is 7.17. The smallest absolute Gasteiger partial charge is 0.258 e. The molecule has 9 heteroatoms. The van der Waals surface area contributed by atoms with Gasteiger partial charge in [-0.05, 0) is 49.2 Å². The molecule has 0 atom stereocenters. The lowest BCUT2D eigenvalue weighted by Gasteiger charge is -2.18. The van der Waals surface area contributed by atoms with E-state index < -0.39 is 34.3 Å². The van der Waals surface area contributed by atoms with Gasteiger partial charge in [0.1, 0.15) is 0 Å². The van der Waals surface area contributed by atoms with Crippen molar-refractivity contribution < 1.29 is 22.8 Å². The van der Waals surface area contributed by atoms with Crippen molar-refractivity contribution in [3.63, 3.8) is 0 Å². The molecular formula is C19H19N3O5S. The lowest BCUT2D eigenvalue weighted by Crippen LogP contribution is -2.35. The molecule has 1 aliphatic heterocycles. The Morgan fingerprint density at radius 1 is 1.07 bits per heavy atom. The molecule has 0 aliphatic carbocycles. The summed E-state index contributed by atoms with van der Waals surface area (Å²) < 4.78 is 26.4. The Hall–Kier alpha value is -3.04. The van der Waals surface area contributed by atoms with Crippen molar-refractivity contribution in [2.45, 2.75) is 18.7 Å².